The van der Waals surface area contributed by atoms with E-state index in [9.17, 15) is 18.0 Å². The van der Waals surface area contributed by atoms with Gasteiger partial charge in [-0.25, -0.2) is 0 Å². The first kappa shape index (κ1) is 14.7. The molecule has 1 aromatic carbocycles. The lowest BCUT2D eigenvalue weighted by molar-refractivity contribution is -0.274. The third-order valence-electron chi connectivity index (χ3n) is 2.42. The second-order valence-corrected chi connectivity index (χ2v) is 3.98. The van der Waals surface area contributed by atoms with E-state index < -0.39 is 12.3 Å². The van der Waals surface area contributed by atoms with Crippen LogP contribution in [0.25, 0.3) is 17.4 Å². The molecule has 7 heteroatoms. The highest BCUT2D eigenvalue weighted by molar-refractivity contribution is 5.89. The number of hydrogen-bond donors (Lipinski definition) is 1. The van der Waals surface area contributed by atoms with Gasteiger partial charge in [-0.05, 0) is 30.3 Å². The summed E-state index contributed by atoms with van der Waals surface area (Å²) in [5.74, 6) is -0.567. The number of carbonyl (C=O) groups is 1. The molecule has 1 heterocycles. The fraction of sp³-hybridized carbons (Fsp3) is 0.0714. The SMILES string of the molecule is NC(=O)/C=C\c1ccc(-c2ccccc2OC(F)(F)F)o1. The Labute approximate surface area is 117 Å². The summed E-state index contributed by atoms with van der Waals surface area (Å²) >= 11 is 0. The van der Waals surface area contributed by atoms with Gasteiger partial charge in [0.25, 0.3) is 0 Å². The second-order valence-electron chi connectivity index (χ2n) is 3.98. The summed E-state index contributed by atoms with van der Waals surface area (Å²) in [4.78, 5) is 10.6. The Hall–Kier alpha value is -2.70. The largest absolute Gasteiger partial charge is 0.573 e. The molecule has 0 unspecified atom stereocenters. The van der Waals surface area contributed by atoms with Crippen LogP contribution in [0.1, 0.15) is 5.76 Å². The number of rotatable bonds is 4. The molecular formula is C14H10F3NO3. The van der Waals surface area contributed by atoms with Crippen molar-refractivity contribution >= 4 is 12.0 Å². The van der Waals surface area contributed by atoms with E-state index in [1.807, 2.05) is 0 Å². The van der Waals surface area contributed by atoms with Gasteiger partial charge in [0.1, 0.15) is 17.3 Å². The summed E-state index contributed by atoms with van der Waals surface area (Å²) in [6.45, 7) is 0. The number of amides is 1. The van der Waals surface area contributed by atoms with Crippen molar-refractivity contribution in [3.63, 3.8) is 0 Å². The maximum Gasteiger partial charge on any atom is 0.573 e. The van der Waals surface area contributed by atoms with Crippen molar-refractivity contribution in [1.29, 1.82) is 0 Å². The molecule has 0 radical (unpaired) electrons. The quantitative estimate of drug-likeness (QED) is 0.880. The van der Waals surface area contributed by atoms with Gasteiger partial charge >= 0.3 is 6.36 Å². The molecule has 0 spiro atoms. The molecule has 0 atom stereocenters. The van der Waals surface area contributed by atoms with Crippen LogP contribution in [0.15, 0.2) is 46.9 Å². The Balaban J connectivity index is 2.32. The number of furan rings is 1. The van der Waals surface area contributed by atoms with Crippen molar-refractivity contribution in [2.75, 3.05) is 0 Å². The number of carbonyl (C=O) groups excluding carboxylic acids is 1. The molecule has 0 saturated carbocycles. The molecule has 0 aliphatic heterocycles. The normalized spacial score (nSPS) is 11.8. The smallest absolute Gasteiger partial charge is 0.457 e. The van der Waals surface area contributed by atoms with Crippen LogP contribution in [0.4, 0.5) is 13.2 Å². The van der Waals surface area contributed by atoms with Gasteiger partial charge in [0, 0.05) is 6.08 Å². The minimum atomic E-state index is -4.79. The summed E-state index contributed by atoms with van der Waals surface area (Å²) < 4.78 is 46.3. The number of benzene rings is 1. The molecule has 110 valence electrons. The van der Waals surface area contributed by atoms with Crippen molar-refractivity contribution in [1.82, 2.24) is 0 Å². The maximum absolute atomic E-state index is 12.3. The van der Waals surface area contributed by atoms with Crippen LogP contribution < -0.4 is 10.5 Å². The zero-order valence-electron chi connectivity index (χ0n) is 10.6. The molecule has 0 bridgehead atoms. The van der Waals surface area contributed by atoms with Crippen molar-refractivity contribution in [2.24, 2.45) is 5.73 Å². The first-order valence-corrected chi connectivity index (χ1v) is 5.77. The van der Waals surface area contributed by atoms with E-state index in [1.54, 1.807) is 6.07 Å². The molecule has 21 heavy (non-hydrogen) atoms. The summed E-state index contributed by atoms with van der Waals surface area (Å²) in [6.07, 6.45) is -2.39. The Morgan fingerprint density at radius 3 is 2.57 bits per heavy atom. The molecule has 1 aromatic heterocycles. The van der Waals surface area contributed by atoms with Crippen LogP contribution in [-0.2, 0) is 4.79 Å². The Bertz CT molecular complexity index is 674. The number of hydrogen-bond acceptors (Lipinski definition) is 3. The van der Waals surface area contributed by atoms with E-state index in [2.05, 4.69) is 4.74 Å². The zero-order chi connectivity index (χ0) is 15.5. The Morgan fingerprint density at radius 1 is 1.19 bits per heavy atom. The predicted octanol–water partition coefficient (Wildman–Crippen LogP) is 3.34. The molecule has 0 aliphatic carbocycles. The van der Waals surface area contributed by atoms with Gasteiger partial charge in [-0.3, -0.25) is 4.79 Å². The minimum absolute atomic E-state index is 0.147. The van der Waals surface area contributed by atoms with Crippen LogP contribution >= 0.6 is 0 Å². The van der Waals surface area contributed by atoms with E-state index in [0.717, 1.165) is 6.08 Å². The molecule has 1 amide bonds. The third-order valence-corrected chi connectivity index (χ3v) is 2.42. The topological polar surface area (TPSA) is 65.5 Å². The lowest BCUT2D eigenvalue weighted by Crippen LogP contribution is -2.17. The Kier molecular flexibility index (Phi) is 4.02. The highest BCUT2D eigenvalue weighted by Gasteiger charge is 2.32. The molecule has 0 fully saturated rings. The molecule has 2 aromatic rings. The van der Waals surface area contributed by atoms with Crippen LogP contribution in [0.5, 0.6) is 5.75 Å². The van der Waals surface area contributed by atoms with E-state index in [0.29, 0.717) is 0 Å². The number of nitrogens with two attached hydrogens (primary N) is 1. The standard InChI is InChI=1S/C14H10F3NO3/c15-14(16,17)21-12-4-2-1-3-10(12)11-7-5-9(20-11)6-8-13(18)19/h1-8H,(H2,18,19)/b8-6-. The van der Waals surface area contributed by atoms with E-state index >= 15 is 0 Å². The molecular weight excluding hydrogens is 287 g/mol. The maximum atomic E-state index is 12.3. The number of para-hydroxylation sites is 1. The summed E-state index contributed by atoms with van der Waals surface area (Å²) in [5.41, 5.74) is 5.09. The molecule has 0 saturated heterocycles. The van der Waals surface area contributed by atoms with Crippen LogP contribution in [0.2, 0.25) is 0 Å². The Morgan fingerprint density at radius 2 is 1.90 bits per heavy atom. The summed E-state index contributed by atoms with van der Waals surface area (Å²) in [7, 11) is 0. The van der Waals surface area contributed by atoms with E-state index in [-0.39, 0.29) is 22.8 Å². The van der Waals surface area contributed by atoms with Crippen LogP contribution in [0, 0.1) is 0 Å². The molecule has 2 N–H and O–H groups in total. The first-order chi connectivity index (χ1) is 9.85. The summed E-state index contributed by atoms with van der Waals surface area (Å²) in [6, 6.07) is 8.56. The molecule has 2 rings (SSSR count). The fourth-order valence-corrected chi connectivity index (χ4v) is 1.64. The predicted molar refractivity (Wildman–Crippen MR) is 69.1 cm³/mol. The number of alkyl halides is 3. The van der Waals surface area contributed by atoms with Crippen molar-refractivity contribution in [3.8, 4) is 17.1 Å². The third kappa shape index (κ3) is 4.13. The van der Waals surface area contributed by atoms with Gasteiger partial charge in [-0.1, -0.05) is 12.1 Å². The average Bonchev–Trinajstić information content (AvgIpc) is 2.83. The summed E-state index contributed by atoms with van der Waals surface area (Å²) in [5, 5.41) is 0. The fourth-order valence-electron chi connectivity index (χ4n) is 1.64. The molecule has 0 aliphatic rings. The highest BCUT2D eigenvalue weighted by Crippen LogP contribution is 2.34. The minimum Gasteiger partial charge on any atom is -0.457 e. The number of primary amides is 1. The average molecular weight is 297 g/mol. The van der Waals surface area contributed by atoms with Crippen molar-refractivity contribution in [3.05, 3.63) is 48.2 Å². The first-order valence-electron chi connectivity index (χ1n) is 5.77. The second kappa shape index (κ2) is 5.74. The van der Waals surface area contributed by atoms with Gasteiger partial charge in [0.05, 0.1) is 5.56 Å². The van der Waals surface area contributed by atoms with Gasteiger partial charge in [0.2, 0.25) is 5.91 Å². The van der Waals surface area contributed by atoms with Gasteiger partial charge in [0.15, 0.2) is 0 Å². The van der Waals surface area contributed by atoms with Crippen molar-refractivity contribution in [2.45, 2.75) is 6.36 Å². The van der Waals surface area contributed by atoms with Gasteiger partial charge in [-0.15, -0.1) is 13.2 Å². The monoisotopic (exact) mass is 297 g/mol. The van der Waals surface area contributed by atoms with Gasteiger partial charge in [-0.2, -0.15) is 0 Å². The van der Waals surface area contributed by atoms with E-state index in [1.165, 1.54) is 36.4 Å². The number of ether oxygens (including phenoxy) is 1. The lowest BCUT2D eigenvalue weighted by atomic mass is 10.1. The van der Waals surface area contributed by atoms with Crippen LogP contribution in [-0.4, -0.2) is 12.3 Å². The zero-order valence-corrected chi connectivity index (χ0v) is 10.6. The van der Waals surface area contributed by atoms with E-state index in [4.69, 9.17) is 10.2 Å². The number of halogens is 3. The van der Waals surface area contributed by atoms with Crippen LogP contribution in [0.3, 0.4) is 0 Å². The molecule has 4 nitrogen and oxygen atoms in total. The van der Waals surface area contributed by atoms with Crippen molar-refractivity contribution < 1.29 is 27.1 Å². The lowest BCUT2D eigenvalue weighted by Gasteiger charge is -2.11. The van der Waals surface area contributed by atoms with Gasteiger partial charge < -0.3 is 14.9 Å². The highest BCUT2D eigenvalue weighted by atomic mass is 19.4.